The van der Waals surface area contributed by atoms with Gasteiger partial charge in [0.2, 0.25) is 5.91 Å². The van der Waals surface area contributed by atoms with Crippen molar-refractivity contribution in [2.75, 3.05) is 37.9 Å². The normalized spacial score (nSPS) is 16.2. The van der Waals surface area contributed by atoms with Gasteiger partial charge in [-0.2, -0.15) is 10.2 Å². The number of rotatable bonds is 9. The van der Waals surface area contributed by atoms with Crippen LogP contribution in [0.4, 0.5) is 23.0 Å². The van der Waals surface area contributed by atoms with Crippen LogP contribution in [0.15, 0.2) is 73.8 Å². The average Bonchev–Trinajstić information content (AvgIpc) is 4.04. The summed E-state index contributed by atoms with van der Waals surface area (Å²) >= 11 is 3.26. The Morgan fingerprint density at radius 2 is 1.33 bits per heavy atom. The zero-order valence-corrected chi connectivity index (χ0v) is 32.9. The van der Waals surface area contributed by atoms with Gasteiger partial charge in [-0.25, -0.2) is 29.0 Å². The molecular formula is C40H39N11O4S2. The molecule has 0 bridgehead atoms. The average molecular weight is 802 g/mol. The zero-order valence-electron chi connectivity index (χ0n) is 31.3. The van der Waals surface area contributed by atoms with Crippen molar-refractivity contribution >= 4 is 89.0 Å². The number of fused-ring (bicyclic) bond motifs is 8. The number of carboxylic acids is 1. The molecular weight excluding hydrogens is 763 g/mol. The molecule has 0 aromatic carbocycles. The van der Waals surface area contributed by atoms with Crippen molar-refractivity contribution in [1.82, 2.24) is 44.1 Å². The Labute approximate surface area is 334 Å². The molecule has 8 aromatic heterocycles. The van der Waals surface area contributed by atoms with Gasteiger partial charge in [-0.05, 0) is 86.1 Å². The van der Waals surface area contributed by atoms with Crippen molar-refractivity contribution in [2.45, 2.75) is 38.5 Å². The van der Waals surface area contributed by atoms with Crippen molar-refractivity contribution in [1.29, 1.82) is 0 Å². The predicted octanol–water partition coefficient (Wildman–Crippen LogP) is 6.56. The summed E-state index contributed by atoms with van der Waals surface area (Å²) in [5.41, 5.74) is 6.36. The lowest BCUT2D eigenvalue weighted by Gasteiger charge is -2.26. The number of methoxy groups -OCH3 is 1. The minimum Gasteiger partial charge on any atom is -0.481 e. The van der Waals surface area contributed by atoms with Crippen LogP contribution in [0.1, 0.15) is 33.7 Å². The van der Waals surface area contributed by atoms with E-state index in [9.17, 15) is 14.7 Å². The summed E-state index contributed by atoms with van der Waals surface area (Å²) < 4.78 is 8.74. The number of aromatic nitrogens is 8. The van der Waals surface area contributed by atoms with Crippen LogP contribution in [0.25, 0.3) is 31.5 Å². The van der Waals surface area contributed by atoms with E-state index in [0.717, 1.165) is 85.0 Å². The van der Waals surface area contributed by atoms with Gasteiger partial charge in [-0.1, -0.05) is 0 Å². The molecule has 1 amide bonds. The maximum Gasteiger partial charge on any atom is 0.306 e. The highest BCUT2D eigenvalue weighted by atomic mass is 32.1. The van der Waals surface area contributed by atoms with Gasteiger partial charge in [-0.3, -0.25) is 9.59 Å². The van der Waals surface area contributed by atoms with E-state index in [2.05, 4.69) is 40.8 Å². The van der Waals surface area contributed by atoms with E-state index in [-0.39, 0.29) is 17.7 Å². The lowest BCUT2D eigenvalue weighted by Crippen LogP contribution is -2.37. The van der Waals surface area contributed by atoms with E-state index < -0.39 is 5.97 Å². The number of carboxylic acid groups (broad SMARTS) is 1. The number of pyridine rings is 2. The molecule has 2 atom stereocenters. The largest absolute Gasteiger partial charge is 0.481 e. The Hall–Kier alpha value is -6.04. The minimum atomic E-state index is -0.716. The highest BCUT2D eigenvalue weighted by molar-refractivity contribution is 7.19. The van der Waals surface area contributed by atoms with E-state index in [4.69, 9.17) is 4.74 Å². The summed E-state index contributed by atoms with van der Waals surface area (Å²) in [6.45, 7) is 1.17. The number of thiophene rings is 2. The fourth-order valence-corrected chi connectivity index (χ4v) is 10.3. The summed E-state index contributed by atoms with van der Waals surface area (Å²) in [6, 6.07) is 11.9. The molecule has 2 aliphatic carbocycles. The van der Waals surface area contributed by atoms with Crippen LogP contribution < -0.4 is 10.6 Å². The molecule has 0 saturated carbocycles. The lowest BCUT2D eigenvalue weighted by atomic mass is 9.87. The molecule has 8 heterocycles. The molecule has 57 heavy (non-hydrogen) atoms. The quantitative estimate of drug-likeness (QED) is 0.143. The molecule has 0 spiro atoms. The fraction of sp³-hybridized carbons (Fsp3) is 0.300. The van der Waals surface area contributed by atoms with Crippen molar-refractivity contribution in [3.05, 3.63) is 94.7 Å². The maximum atomic E-state index is 12.8. The van der Waals surface area contributed by atoms with Crippen LogP contribution in [0, 0.1) is 11.8 Å². The third kappa shape index (κ3) is 7.24. The molecule has 290 valence electrons. The van der Waals surface area contributed by atoms with Gasteiger partial charge >= 0.3 is 5.97 Å². The highest BCUT2D eigenvalue weighted by Crippen LogP contribution is 2.42. The van der Waals surface area contributed by atoms with Crippen molar-refractivity contribution in [3.63, 3.8) is 0 Å². The van der Waals surface area contributed by atoms with Gasteiger partial charge in [0.05, 0.1) is 34.3 Å². The molecule has 8 aromatic rings. The third-order valence-corrected chi connectivity index (χ3v) is 13.0. The van der Waals surface area contributed by atoms with Crippen LogP contribution in [-0.4, -0.2) is 88.4 Å². The van der Waals surface area contributed by atoms with Gasteiger partial charge in [0, 0.05) is 72.5 Å². The van der Waals surface area contributed by atoms with Crippen LogP contribution in [0.2, 0.25) is 0 Å². The van der Waals surface area contributed by atoms with Crippen LogP contribution >= 0.6 is 22.7 Å². The van der Waals surface area contributed by atoms with Crippen LogP contribution in [0.3, 0.4) is 0 Å². The van der Waals surface area contributed by atoms with E-state index in [1.807, 2.05) is 60.4 Å². The van der Waals surface area contributed by atoms with Crippen molar-refractivity contribution < 1.29 is 19.4 Å². The summed E-state index contributed by atoms with van der Waals surface area (Å²) in [4.78, 5) is 48.1. The molecule has 0 saturated heterocycles. The zero-order chi connectivity index (χ0) is 39.0. The smallest absolute Gasteiger partial charge is 0.306 e. The second-order valence-electron chi connectivity index (χ2n) is 14.3. The summed E-state index contributed by atoms with van der Waals surface area (Å²) in [6.07, 6.45) is 15.0. The van der Waals surface area contributed by atoms with Gasteiger partial charge in [0.15, 0.2) is 0 Å². The number of likely N-dealkylation sites (N-methyl/N-ethyl adjacent to an activating group) is 1. The van der Waals surface area contributed by atoms with E-state index >= 15 is 0 Å². The maximum absolute atomic E-state index is 12.8. The number of nitrogens with one attached hydrogen (secondary N) is 2. The van der Waals surface area contributed by atoms with Gasteiger partial charge < -0.3 is 25.4 Å². The molecule has 15 nitrogen and oxygen atoms in total. The van der Waals surface area contributed by atoms with Gasteiger partial charge in [0.25, 0.3) is 0 Å². The number of hydrogen-bond donors (Lipinski definition) is 3. The molecule has 0 fully saturated rings. The summed E-state index contributed by atoms with van der Waals surface area (Å²) in [5, 5.41) is 26.7. The molecule has 17 heteroatoms. The summed E-state index contributed by atoms with van der Waals surface area (Å²) in [7, 11) is 3.51. The Morgan fingerprint density at radius 1 is 0.807 bits per heavy atom. The fourth-order valence-electron chi connectivity index (χ4n) is 7.75. The Kier molecular flexibility index (Phi) is 9.94. The van der Waals surface area contributed by atoms with Crippen molar-refractivity contribution in [3.8, 4) is 0 Å². The Morgan fingerprint density at radius 3 is 1.86 bits per heavy atom. The van der Waals surface area contributed by atoms with Crippen molar-refractivity contribution in [2.24, 2.45) is 11.8 Å². The number of amides is 1. The number of carbonyl (C=O) groups excluding carboxylic acids is 1. The second kappa shape index (κ2) is 15.5. The molecule has 3 N–H and O–H groups in total. The Balaban J connectivity index is 0.000000150. The first-order chi connectivity index (χ1) is 27.8. The molecule has 0 radical (unpaired) electrons. The molecule has 2 aliphatic rings. The first-order valence-electron chi connectivity index (χ1n) is 18.7. The highest BCUT2D eigenvalue weighted by Gasteiger charge is 2.31. The number of ether oxygens (including phenoxy) is 1. The number of nitrogens with zero attached hydrogens (tertiary/aromatic N) is 9. The van der Waals surface area contributed by atoms with E-state index in [1.165, 1.54) is 16.0 Å². The lowest BCUT2D eigenvalue weighted by molar-refractivity contribution is -0.142. The minimum absolute atomic E-state index is 0.0102. The number of aliphatic carboxylic acids is 1. The third-order valence-electron chi connectivity index (χ3n) is 10.7. The van der Waals surface area contributed by atoms with Gasteiger partial charge in [0.1, 0.15) is 34.0 Å². The summed E-state index contributed by atoms with van der Waals surface area (Å²) in [5.74, 6) is 0.768. The van der Waals surface area contributed by atoms with Crippen LogP contribution in [0.5, 0.6) is 0 Å². The standard InChI is InChI=1S/C22H24N6O2S.C18H15N5O2S/c1-27(9-10-30-2)22(29)14-3-4-17-18(11-14)31-21-19(17)20(23-13-24-21)26-15-6-8-28-16(12-15)5-7-25-28;24-18(25)10-1-2-13-14(7-10)26-17-15(13)16(19-9-20-17)22-11-4-6-23-12(8-11)3-5-21-23/h5-8,12-14H,3-4,9-11H2,1-2H3,(H,23,24,26);3-6,8-10H,1-2,7H2,(H,24,25)(H,19,20,22)/t14-;10-/m00/s1. The van der Waals surface area contributed by atoms with E-state index in [0.29, 0.717) is 26.0 Å². The Bertz CT molecular complexity index is 2770. The first-order valence-corrected chi connectivity index (χ1v) is 20.3. The monoisotopic (exact) mass is 801 g/mol. The second-order valence-corrected chi connectivity index (χ2v) is 16.4. The SMILES string of the molecule is COCCN(C)C(=O)[C@H]1CCc2c(sc3ncnc(Nc4ccn5nccc5c4)c23)C1.O=C(O)[C@H]1CCc2c(sc3ncnc(Nc4ccn5nccc5c4)c23)C1. The topological polar surface area (TPSA) is 177 Å². The van der Waals surface area contributed by atoms with E-state index in [1.54, 1.807) is 64.2 Å². The molecule has 0 unspecified atom stereocenters. The first kappa shape index (κ1) is 36.6. The number of hydrogen-bond acceptors (Lipinski definition) is 13. The molecule has 10 rings (SSSR count). The number of carbonyl (C=O) groups is 2. The van der Waals surface area contributed by atoms with Crippen LogP contribution in [-0.2, 0) is 40.0 Å². The number of aryl methyl sites for hydroxylation is 2. The molecule has 0 aliphatic heterocycles. The van der Waals surface area contributed by atoms with Gasteiger partial charge in [-0.15, -0.1) is 22.7 Å². The number of anilines is 4. The predicted molar refractivity (Wildman–Crippen MR) is 220 cm³/mol.